The number of rotatable bonds is 6. The van der Waals surface area contributed by atoms with Gasteiger partial charge in [0.05, 0.1) is 18.2 Å². The molecule has 0 aliphatic heterocycles. The van der Waals surface area contributed by atoms with Crippen molar-refractivity contribution in [1.29, 1.82) is 0 Å². The summed E-state index contributed by atoms with van der Waals surface area (Å²) in [6.45, 7) is 3.75. The average Bonchev–Trinajstić information content (AvgIpc) is 3.04. The fourth-order valence-electron chi connectivity index (χ4n) is 3.41. The van der Waals surface area contributed by atoms with E-state index >= 15 is 0 Å². The second kappa shape index (κ2) is 8.04. The molecule has 0 spiro atoms. The molecule has 0 aliphatic carbocycles. The van der Waals surface area contributed by atoms with Gasteiger partial charge in [0.15, 0.2) is 5.78 Å². The van der Waals surface area contributed by atoms with Crippen LogP contribution in [0.5, 0.6) is 0 Å². The molecule has 0 aliphatic rings. The molecule has 0 radical (unpaired) electrons. The molecular formula is C23H23NO3. The number of carbonyl (C=O) groups excluding carboxylic acids is 2. The number of hydrogen-bond acceptors (Lipinski definition) is 3. The molecule has 3 aromatic rings. The maximum Gasteiger partial charge on any atom is 0.340 e. The molecule has 0 amide bonds. The van der Waals surface area contributed by atoms with E-state index in [1.807, 2.05) is 61.5 Å². The molecule has 1 N–H and O–H groups in total. The summed E-state index contributed by atoms with van der Waals surface area (Å²) in [5.41, 5.74) is 4.84. The van der Waals surface area contributed by atoms with Crippen molar-refractivity contribution in [3.63, 3.8) is 0 Å². The standard InChI is InChI=1S/C23H23NO3/c1-4-19-21(20(15(2)24-19)23(26)27-3)22(25)18-13-9-8-12-17(18)14-16-10-6-5-7-11-16/h5-13,24H,4,14H2,1-3H3. The number of aromatic nitrogens is 1. The predicted octanol–water partition coefficient (Wildman–Crippen LogP) is 4.49. The van der Waals surface area contributed by atoms with Crippen LogP contribution in [0.25, 0.3) is 0 Å². The normalized spacial score (nSPS) is 10.6. The van der Waals surface area contributed by atoms with E-state index in [-0.39, 0.29) is 5.78 Å². The zero-order valence-corrected chi connectivity index (χ0v) is 15.8. The first-order valence-corrected chi connectivity index (χ1v) is 9.03. The van der Waals surface area contributed by atoms with Crippen molar-refractivity contribution in [3.8, 4) is 0 Å². The number of carbonyl (C=O) groups is 2. The third-order valence-corrected chi connectivity index (χ3v) is 4.73. The summed E-state index contributed by atoms with van der Waals surface area (Å²) in [6.07, 6.45) is 1.28. The zero-order valence-electron chi connectivity index (χ0n) is 15.8. The number of aryl methyl sites for hydroxylation is 2. The molecule has 2 aromatic carbocycles. The summed E-state index contributed by atoms with van der Waals surface area (Å²) in [7, 11) is 1.33. The van der Waals surface area contributed by atoms with Gasteiger partial charge in [0.1, 0.15) is 0 Å². The van der Waals surface area contributed by atoms with E-state index in [1.165, 1.54) is 7.11 Å². The number of ketones is 1. The summed E-state index contributed by atoms with van der Waals surface area (Å²) in [5.74, 6) is -0.643. The van der Waals surface area contributed by atoms with Gasteiger partial charge in [0.25, 0.3) is 0 Å². The highest BCUT2D eigenvalue weighted by Crippen LogP contribution is 2.26. The van der Waals surface area contributed by atoms with Crippen LogP contribution in [0.2, 0.25) is 0 Å². The molecule has 0 bridgehead atoms. The number of aromatic amines is 1. The zero-order chi connectivity index (χ0) is 19.4. The van der Waals surface area contributed by atoms with Crippen molar-refractivity contribution in [2.24, 2.45) is 0 Å². The molecule has 4 nitrogen and oxygen atoms in total. The van der Waals surface area contributed by atoms with E-state index in [2.05, 4.69) is 4.98 Å². The van der Waals surface area contributed by atoms with Gasteiger partial charge >= 0.3 is 5.97 Å². The third kappa shape index (κ3) is 3.70. The lowest BCUT2D eigenvalue weighted by atomic mass is 9.92. The Morgan fingerprint density at radius 1 is 0.963 bits per heavy atom. The predicted molar refractivity (Wildman–Crippen MR) is 105 cm³/mol. The van der Waals surface area contributed by atoms with Crippen LogP contribution in [0.4, 0.5) is 0 Å². The topological polar surface area (TPSA) is 59.2 Å². The lowest BCUT2D eigenvalue weighted by Gasteiger charge is -2.11. The van der Waals surface area contributed by atoms with Gasteiger partial charge in [-0.1, -0.05) is 61.5 Å². The number of benzene rings is 2. The van der Waals surface area contributed by atoms with Gasteiger partial charge in [-0.05, 0) is 30.9 Å². The van der Waals surface area contributed by atoms with E-state index < -0.39 is 5.97 Å². The minimum atomic E-state index is -0.493. The SMILES string of the molecule is CCc1[nH]c(C)c(C(=O)OC)c1C(=O)c1ccccc1Cc1ccccc1. The number of methoxy groups -OCH3 is 1. The van der Waals surface area contributed by atoms with Gasteiger partial charge in [-0.25, -0.2) is 4.79 Å². The summed E-state index contributed by atoms with van der Waals surface area (Å²) < 4.78 is 4.92. The Hall–Kier alpha value is -3.14. The molecule has 138 valence electrons. The van der Waals surface area contributed by atoms with Crippen molar-refractivity contribution < 1.29 is 14.3 Å². The summed E-state index contributed by atoms with van der Waals surface area (Å²) >= 11 is 0. The van der Waals surface area contributed by atoms with E-state index in [9.17, 15) is 9.59 Å². The van der Waals surface area contributed by atoms with Crippen LogP contribution in [0.15, 0.2) is 54.6 Å². The van der Waals surface area contributed by atoms with Gasteiger partial charge in [-0.3, -0.25) is 4.79 Å². The smallest absolute Gasteiger partial charge is 0.340 e. The van der Waals surface area contributed by atoms with Crippen LogP contribution in [0.3, 0.4) is 0 Å². The third-order valence-electron chi connectivity index (χ3n) is 4.73. The molecule has 0 saturated heterocycles. The largest absolute Gasteiger partial charge is 0.465 e. The van der Waals surface area contributed by atoms with Gasteiger partial charge < -0.3 is 9.72 Å². The number of H-pyrrole nitrogens is 1. The van der Waals surface area contributed by atoms with Crippen molar-refractivity contribution in [2.75, 3.05) is 7.11 Å². The maximum atomic E-state index is 13.5. The molecule has 4 heteroatoms. The molecule has 1 aromatic heterocycles. The summed E-state index contributed by atoms with van der Waals surface area (Å²) in [6, 6.07) is 17.6. The molecule has 0 fully saturated rings. The Balaban J connectivity index is 2.09. The highest BCUT2D eigenvalue weighted by Gasteiger charge is 2.27. The van der Waals surface area contributed by atoms with E-state index in [4.69, 9.17) is 4.74 Å². The summed E-state index contributed by atoms with van der Waals surface area (Å²) in [4.78, 5) is 28.9. The minimum absolute atomic E-state index is 0.150. The molecule has 0 saturated carbocycles. The van der Waals surface area contributed by atoms with Gasteiger partial charge in [0.2, 0.25) is 0 Å². The first-order valence-electron chi connectivity index (χ1n) is 9.03. The highest BCUT2D eigenvalue weighted by molar-refractivity contribution is 6.16. The van der Waals surface area contributed by atoms with Crippen LogP contribution in [-0.2, 0) is 17.6 Å². The summed E-state index contributed by atoms with van der Waals surface area (Å²) in [5, 5.41) is 0. The van der Waals surface area contributed by atoms with Crippen molar-refractivity contribution >= 4 is 11.8 Å². The lowest BCUT2D eigenvalue weighted by molar-refractivity contribution is 0.0597. The first kappa shape index (κ1) is 18.6. The molecule has 27 heavy (non-hydrogen) atoms. The van der Waals surface area contributed by atoms with Crippen LogP contribution < -0.4 is 0 Å². The second-order valence-corrected chi connectivity index (χ2v) is 6.47. The van der Waals surface area contributed by atoms with Crippen molar-refractivity contribution in [2.45, 2.75) is 26.7 Å². The number of nitrogens with one attached hydrogen (secondary N) is 1. The van der Waals surface area contributed by atoms with Gasteiger partial charge in [-0.15, -0.1) is 0 Å². The second-order valence-electron chi connectivity index (χ2n) is 6.47. The minimum Gasteiger partial charge on any atom is -0.465 e. The Morgan fingerprint density at radius 3 is 2.30 bits per heavy atom. The molecule has 1 heterocycles. The Labute approximate surface area is 159 Å². The van der Waals surface area contributed by atoms with Crippen molar-refractivity contribution in [1.82, 2.24) is 4.98 Å². The average molecular weight is 361 g/mol. The van der Waals surface area contributed by atoms with Crippen LogP contribution in [0, 0.1) is 6.92 Å². The van der Waals surface area contributed by atoms with E-state index in [1.54, 1.807) is 6.92 Å². The van der Waals surface area contributed by atoms with Gasteiger partial charge in [0, 0.05) is 17.0 Å². The molecule has 0 unspecified atom stereocenters. The number of esters is 1. The fraction of sp³-hybridized carbons (Fsp3) is 0.217. The van der Waals surface area contributed by atoms with E-state index in [0.29, 0.717) is 35.2 Å². The van der Waals surface area contributed by atoms with Gasteiger partial charge in [-0.2, -0.15) is 0 Å². The van der Waals surface area contributed by atoms with Crippen LogP contribution in [-0.4, -0.2) is 23.8 Å². The lowest BCUT2D eigenvalue weighted by Crippen LogP contribution is -2.13. The first-order chi connectivity index (χ1) is 13.1. The van der Waals surface area contributed by atoms with Crippen LogP contribution >= 0.6 is 0 Å². The highest BCUT2D eigenvalue weighted by atomic mass is 16.5. The number of ether oxygens (including phenoxy) is 1. The number of hydrogen-bond donors (Lipinski definition) is 1. The van der Waals surface area contributed by atoms with Crippen molar-refractivity contribution in [3.05, 3.63) is 93.8 Å². The fourth-order valence-corrected chi connectivity index (χ4v) is 3.41. The van der Waals surface area contributed by atoms with Crippen LogP contribution in [0.1, 0.15) is 55.7 Å². The van der Waals surface area contributed by atoms with E-state index in [0.717, 1.165) is 16.8 Å². The quantitative estimate of drug-likeness (QED) is 0.520. The Morgan fingerprint density at radius 2 is 1.63 bits per heavy atom. The molecule has 3 rings (SSSR count). The Bertz CT molecular complexity index is 971. The Kier molecular flexibility index (Phi) is 5.55. The molecular weight excluding hydrogens is 338 g/mol. The molecule has 0 atom stereocenters. The maximum absolute atomic E-state index is 13.5. The monoisotopic (exact) mass is 361 g/mol.